The Labute approximate surface area is 117 Å². The predicted octanol–water partition coefficient (Wildman–Crippen LogP) is 2.45. The van der Waals surface area contributed by atoms with Gasteiger partial charge in [0, 0.05) is 26.9 Å². The second kappa shape index (κ2) is 5.74. The van der Waals surface area contributed by atoms with Gasteiger partial charge in [-0.1, -0.05) is 6.07 Å². The van der Waals surface area contributed by atoms with Crippen molar-refractivity contribution < 1.29 is 9.00 Å². The van der Waals surface area contributed by atoms with Crippen molar-refractivity contribution in [1.82, 2.24) is 0 Å². The number of nitrogen functional groups attached to an aromatic ring is 1. The van der Waals surface area contributed by atoms with Crippen molar-refractivity contribution in [2.75, 3.05) is 11.1 Å². The third kappa shape index (κ3) is 4.06. The van der Waals surface area contributed by atoms with Crippen molar-refractivity contribution in [3.05, 3.63) is 23.8 Å². The maximum absolute atomic E-state index is 12.2. The van der Waals surface area contributed by atoms with Crippen molar-refractivity contribution in [3.8, 4) is 0 Å². The van der Waals surface area contributed by atoms with Gasteiger partial charge < -0.3 is 11.1 Å². The van der Waals surface area contributed by atoms with Crippen LogP contribution in [0.3, 0.4) is 0 Å². The molecular formula is C14H22N2O2S. The molecule has 2 atom stereocenters. The van der Waals surface area contributed by atoms with Crippen LogP contribution < -0.4 is 11.1 Å². The molecule has 3 N–H and O–H groups in total. The Bertz CT molecular complexity index is 507. The molecule has 5 heteroatoms. The van der Waals surface area contributed by atoms with Crippen molar-refractivity contribution in [1.29, 1.82) is 0 Å². The molecule has 1 aromatic rings. The first kappa shape index (κ1) is 15.7. The molecule has 0 heterocycles. The van der Waals surface area contributed by atoms with Gasteiger partial charge in [-0.3, -0.25) is 9.00 Å². The van der Waals surface area contributed by atoms with Gasteiger partial charge in [0.15, 0.2) is 0 Å². The van der Waals surface area contributed by atoms with Crippen LogP contribution in [0.15, 0.2) is 18.2 Å². The molecule has 0 spiro atoms. The van der Waals surface area contributed by atoms with Crippen molar-refractivity contribution in [3.63, 3.8) is 0 Å². The molecule has 19 heavy (non-hydrogen) atoms. The van der Waals surface area contributed by atoms with Crippen LogP contribution in [0.1, 0.15) is 33.3 Å². The highest BCUT2D eigenvalue weighted by Gasteiger charge is 2.29. The summed E-state index contributed by atoms with van der Waals surface area (Å²) < 4.78 is 11.8. The third-order valence-electron chi connectivity index (χ3n) is 2.81. The molecule has 106 valence electrons. The topological polar surface area (TPSA) is 72.2 Å². The largest absolute Gasteiger partial charge is 0.399 e. The highest BCUT2D eigenvalue weighted by atomic mass is 32.2. The summed E-state index contributed by atoms with van der Waals surface area (Å²) in [6.07, 6.45) is 0. The van der Waals surface area contributed by atoms with Gasteiger partial charge in [0.2, 0.25) is 5.91 Å². The summed E-state index contributed by atoms with van der Waals surface area (Å²) in [5, 5.41) is 2.22. The van der Waals surface area contributed by atoms with E-state index in [0.29, 0.717) is 11.4 Å². The van der Waals surface area contributed by atoms with Crippen LogP contribution >= 0.6 is 0 Å². The quantitative estimate of drug-likeness (QED) is 0.836. The minimum Gasteiger partial charge on any atom is -0.399 e. The number of benzene rings is 1. The first-order valence-corrected chi connectivity index (χ1v) is 7.42. The fraction of sp³-hybridized carbons (Fsp3) is 0.500. The lowest BCUT2D eigenvalue weighted by Crippen LogP contribution is -2.37. The lowest BCUT2D eigenvalue weighted by atomic mass is 10.2. The average Bonchev–Trinajstić information content (AvgIpc) is 2.30. The van der Waals surface area contributed by atoms with Gasteiger partial charge in [-0.25, -0.2) is 0 Å². The number of aryl methyl sites for hydroxylation is 1. The van der Waals surface area contributed by atoms with E-state index in [-0.39, 0.29) is 5.91 Å². The Hall–Kier alpha value is -1.36. The summed E-state index contributed by atoms with van der Waals surface area (Å²) in [7, 11) is -1.24. The summed E-state index contributed by atoms with van der Waals surface area (Å²) in [6, 6.07) is 5.33. The molecule has 0 radical (unpaired) electrons. The molecule has 0 saturated heterocycles. The molecule has 0 aliphatic heterocycles. The van der Waals surface area contributed by atoms with Crippen LogP contribution in [0.2, 0.25) is 0 Å². The normalized spacial score (nSPS) is 14.8. The van der Waals surface area contributed by atoms with Crippen LogP contribution in [0.4, 0.5) is 11.4 Å². The Morgan fingerprint density at radius 1 is 1.37 bits per heavy atom. The molecule has 1 aromatic carbocycles. The maximum atomic E-state index is 12.2. The minimum absolute atomic E-state index is 0.248. The third-order valence-corrected chi connectivity index (χ3v) is 4.88. The van der Waals surface area contributed by atoms with E-state index in [1.54, 1.807) is 19.1 Å². The highest BCUT2D eigenvalue weighted by molar-refractivity contribution is 7.87. The van der Waals surface area contributed by atoms with E-state index in [9.17, 15) is 9.00 Å². The van der Waals surface area contributed by atoms with Crippen molar-refractivity contribution >= 4 is 28.1 Å². The van der Waals surface area contributed by atoms with Crippen molar-refractivity contribution in [2.24, 2.45) is 0 Å². The zero-order valence-electron chi connectivity index (χ0n) is 12.1. The Morgan fingerprint density at radius 2 is 1.95 bits per heavy atom. The van der Waals surface area contributed by atoms with Gasteiger partial charge in [-0.05, 0) is 52.3 Å². The fourth-order valence-electron chi connectivity index (χ4n) is 1.64. The molecule has 0 fully saturated rings. The first-order valence-electron chi connectivity index (χ1n) is 6.20. The number of anilines is 2. The molecule has 0 saturated carbocycles. The predicted molar refractivity (Wildman–Crippen MR) is 81.6 cm³/mol. The van der Waals surface area contributed by atoms with E-state index in [0.717, 1.165) is 5.56 Å². The monoisotopic (exact) mass is 282 g/mol. The molecule has 1 amide bonds. The van der Waals surface area contributed by atoms with Crippen LogP contribution in [0.5, 0.6) is 0 Å². The van der Waals surface area contributed by atoms with Gasteiger partial charge in [0.05, 0.1) is 0 Å². The van der Waals surface area contributed by atoms with Crippen LogP contribution in [-0.4, -0.2) is 20.1 Å². The second-order valence-corrected chi connectivity index (χ2v) is 8.14. The number of rotatable bonds is 3. The van der Waals surface area contributed by atoms with E-state index in [4.69, 9.17) is 5.73 Å². The summed E-state index contributed by atoms with van der Waals surface area (Å²) in [5.41, 5.74) is 7.88. The van der Waals surface area contributed by atoms with E-state index < -0.39 is 20.8 Å². The summed E-state index contributed by atoms with van der Waals surface area (Å²) >= 11 is 0. The first-order chi connectivity index (χ1) is 8.62. The standard InChI is InChI=1S/C14H22N2O2S/c1-9-6-7-11(15)8-12(9)16-13(17)10(2)19(18)14(3,4)5/h6-8,10H,15H2,1-5H3,(H,16,17). The molecule has 1 rings (SSSR count). The zero-order chi connectivity index (χ0) is 14.8. The average molecular weight is 282 g/mol. The SMILES string of the molecule is Cc1ccc(N)cc1NC(=O)C(C)S(=O)C(C)(C)C. The number of hydrogen-bond acceptors (Lipinski definition) is 3. The molecule has 0 aromatic heterocycles. The smallest absolute Gasteiger partial charge is 0.239 e. The summed E-state index contributed by atoms with van der Waals surface area (Å²) in [4.78, 5) is 12.1. The molecule has 0 bridgehead atoms. The number of carbonyl (C=O) groups is 1. The van der Waals surface area contributed by atoms with Crippen LogP contribution in [0.25, 0.3) is 0 Å². The highest BCUT2D eigenvalue weighted by Crippen LogP contribution is 2.21. The van der Waals surface area contributed by atoms with Crippen LogP contribution in [-0.2, 0) is 15.6 Å². The number of hydrogen-bond donors (Lipinski definition) is 2. The van der Waals surface area contributed by atoms with E-state index >= 15 is 0 Å². The van der Waals surface area contributed by atoms with Gasteiger partial charge in [-0.15, -0.1) is 0 Å². The lowest BCUT2D eigenvalue weighted by molar-refractivity contribution is -0.115. The van der Waals surface area contributed by atoms with Gasteiger partial charge in [0.25, 0.3) is 0 Å². The maximum Gasteiger partial charge on any atom is 0.239 e. The number of nitrogens with one attached hydrogen (secondary N) is 1. The second-order valence-electron chi connectivity index (χ2n) is 5.62. The van der Waals surface area contributed by atoms with Gasteiger partial charge in [0.1, 0.15) is 5.25 Å². The minimum atomic E-state index is -1.24. The van der Waals surface area contributed by atoms with E-state index in [1.807, 2.05) is 33.8 Å². The lowest BCUT2D eigenvalue weighted by Gasteiger charge is -2.22. The number of carbonyl (C=O) groups excluding carboxylic acids is 1. The molecular weight excluding hydrogens is 260 g/mol. The van der Waals surface area contributed by atoms with Gasteiger partial charge >= 0.3 is 0 Å². The Balaban J connectivity index is 2.85. The number of nitrogens with two attached hydrogens (primary N) is 1. The zero-order valence-corrected chi connectivity index (χ0v) is 12.9. The fourth-order valence-corrected chi connectivity index (χ4v) is 2.95. The molecule has 2 unspecified atom stereocenters. The summed E-state index contributed by atoms with van der Waals surface area (Å²) in [6.45, 7) is 9.15. The molecule has 0 aliphatic rings. The molecule has 4 nitrogen and oxygen atoms in total. The summed E-state index contributed by atoms with van der Waals surface area (Å²) in [5.74, 6) is -0.248. The van der Waals surface area contributed by atoms with E-state index in [2.05, 4.69) is 5.32 Å². The number of amides is 1. The van der Waals surface area contributed by atoms with Crippen molar-refractivity contribution in [2.45, 2.75) is 44.6 Å². The Morgan fingerprint density at radius 3 is 2.47 bits per heavy atom. The molecule has 0 aliphatic carbocycles. The Kier molecular flexibility index (Phi) is 4.74. The van der Waals surface area contributed by atoms with Crippen LogP contribution in [0, 0.1) is 6.92 Å². The van der Waals surface area contributed by atoms with E-state index in [1.165, 1.54) is 0 Å². The van der Waals surface area contributed by atoms with Gasteiger partial charge in [-0.2, -0.15) is 0 Å².